The lowest BCUT2D eigenvalue weighted by Gasteiger charge is -2.24. The van der Waals surface area contributed by atoms with Crippen LogP contribution in [0.3, 0.4) is 0 Å². The SMILES string of the molecule is Clc1cc2[nH]c(C3CCOc4ccccc43)nc2nc1Cl. The monoisotopic (exact) mass is 319 g/mol. The highest BCUT2D eigenvalue weighted by Crippen LogP contribution is 2.37. The van der Waals surface area contributed by atoms with E-state index < -0.39 is 0 Å². The molecule has 106 valence electrons. The second-order valence-electron chi connectivity index (χ2n) is 4.98. The number of hydrogen-bond donors (Lipinski definition) is 1. The molecule has 3 heterocycles. The summed E-state index contributed by atoms with van der Waals surface area (Å²) in [5.74, 6) is 1.95. The number of aromatic amines is 1. The number of fused-ring (bicyclic) bond motifs is 2. The van der Waals surface area contributed by atoms with Gasteiger partial charge in [-0.15, -0.1) is 0 Å². The summed E-state index contributed by atoms with van der Waals surface area (Å²) in [5.41, 5.74) is 2.52. The zero-order valence-electron chi connectivity index (χ0n) is 10.9. The first-order chi connectivity index (χ1) is 10.2. The fourth-order valence-corrected chi connectivity index (χ4v) is 2.99. The molecule has 0 spiro atoms. The Morgan fingerprint density at radius 3 is 2.95 bits per heavy atom. The van der Waals surface area contributed by atoms with E-state index >= 15 is 0 Å². The van der Waals surface area contributed by atoms with Crippen LogP contribution in [0.1, 0.15) is 23.7 Å². The van der Waals surface area contributed by atoms with E-state index in [9.17, 15) is 0 Å². The highest BCUT2D eigenvalue weighted by Gasteiger charge is 2.25. The molecule has 0 amide bonds. The summed E-state index contributed by atoms with van der Waals surface area (Å²) >= 11 is 11.9. The number of nitrogens with one attached hydrogen (secondary N) is 1. The van der Waals surface area contributed by atoms with E-state index in [1.54, 1.807) is 6.07 Å². The van der Waals surface area contributed by atoms with Crippen molar-refractivity contribution in [1.29, 1.82) is 0 Å². The van der Waals surface area contributed by atoms with Gasteiger partial charge in [0, 0.05) is 11.5 Å². The van der Waals surface area contributed by atoms with Gasteiger partial charge in [-0.3, -0.25) is 0 Å². The molecule has 0 saturated carbocycles. The number of pyridine rings is 1. The van der Waals surface area contributed by atoms with Crippen LogP contribution in [-0.4, -0.2) is 21.6 Å². The van der Waals surface area contributed by atoms with Crippen molar-refractivity contribution in [3.05, 3.63) is 51.9 Å². The molecular weight excluding hydrogens is 309 g/mol. The second-order valence-corrected chi connectivity index (χ2v) is 5.75. The second kappa shape index (κ2) is 4.90. The van der Waals surface area contributed by atoms with Gasteiger partial charge in [-0.1, -0.05) is 41.4 Å². The smallest absolute Gasteiger partial charge is 0.179 e. The van der Waals surface area contributed by atoms with Crippen LogP contribution in [-0.2, 0) is 0 Å². The van der Waals surface area contributed by atoms with Gasteiger partial charge in [-0.2, -0.15) is 0 Å². The van der Waals surface area contributed by atoms with E-state index in [1.807, 2.05) is 18.2 Å². The first kappa shape index (κ1) is 12.9. The minimum absolute atomic E-state index is 0.168. The summed E-state index contributed by atoms with van der Waals surface area (Å²) in [6.07, 6.45) is 0.873. The summed E-state index contributed by atoms with van der Waals surface area (Å²) in [5, 5.41) is 0.696. The molecule has 21 heavy (non-hydrogen) atoms. The van der Waals surface area contributed by atoms with E-state index in [1.165, 1.54) is 0 Å². The summed E-state index contributed by atoms with van der Waals surface area (Å²) in [6, 6.07) is 9.79. The lowest BCUT2D eigenvalue weighted by molar-refractivity contribution is 0.275. The van der Waals surface area contributed by atoms with Crippen molar-refractivity contribution in [3.8, 4) is 5.75 Å². The van der Waals surface area contributed by atoms with Crippen LogP contribution in [0.2, 0.25) is 10.2 Å². The number of para-hydroxylation sites is 1. The third-order valence-electron chi connectivity index (χ3n) is 3.69. The van der Waals surface area contributed by atoms with Crippen molar-refractivity contribution >= 4 is 34.4 Å². The third-order valence-corrected chi connectivity index (χ3v) is 4.36. The standard InChI is InChI=1S/C15H11Cl2N3O/c16-10-7-11-15(19-13(10)17)20-14(18-11)9-5-6-21-12-4-2-1-3-8(9)12/h1-4,7,9H,5-6H2,(H,18,19,20). The molecule has 1 unspecified atom stereocenters. The molecule has 1 aromatic carbocycles. The van der Waals surface area contributed by atoms with Gasteiger partial charge in [0.25, 0.3) is 0 Å². The van der Waals surface area contributed by atoms with Crippen LogP contribution in [0.5, 0.6) is 5.75 Å². The van der Waals surface area contributed by atoms with Crippen molar-refractivity contribution in [2.75, 3.05) is 6.61 Å². The normalized spacial score (nSPS) is 17.5. The van der Waals surface area contributed by atoms with Crippen molar-refractivity contribution in [2.24, 2.45) is 0 Å². The summed E-state index contributed by atoms with van der Waals surface area (Å²) in [4.78, 5) is 12.1. The summed E-state index contributed by atoms with van der Waals surface area (Å²) < 4.78 is 5.69. The van der Waals surface area contributed by atoms with Crippen molar-refractivity contribution in [2.45, 2.75) is 12.3 Å². The van der Waals surface area contributed by atoms with Crippen LogP contribution < -0.4 is 4.74 Å². The van der Waals surface area contributed by atoms with Gasteiger partial charge >= 0.3 is 0 Å². The number of rotatable bonds is 1. The highest BCUT2D eigenvalue weighted by molar-refractivity contribution is 6.41. The Balaban J connectivity index is 1.84. The zero-order chi connectivity index (χ0) is 14.4. The maximum atomic E-state index is 6.00. The number of imidazole rings is 1. The Morgan fingerprint density at radius 2 is 2.05 bits per heavy atom. The molecule has 0 saturated heterocycles. The van der Waals surface area contributed by atoms with Gasteiger partial charge in [-0.05, 0) is 18.6 Å². The predicted molar refractivity (Wildman–Crippen MR) is 82.3 cm³/mol. The molecule has 0 radical (unpaired) electrons. The predicted octanol–water partition coefficient (Wildman–Crippen LogP) is 4.18. The molecule has 3 aromatic rings. The Kier molecular flexibility index (Phi) is 3.01. The van der Waals surface area contributed by atoms with E-state index in [2.05, 4.69) is 21.0 Å². The van der Waals surface area contributed by atoms with Gasteiger partial charge < -0.3 is 9.72 Å². The number of benzene rings is 1. The molecule has 1 atom stereocenters. The lowest BCUT2D eigenvalue weighted by atomic mass is 9.92. The number of nitrogens with zero attached hydrogens (tertiary/aromatic N) is 2. The zero-order valence-corrected chi connectivity index (χ0v) is 12.4. The van der Waals surface area contributed by atoms with Crippen LogP contribution in [0, 0.1) is 0 Å². The minimum Gasteiger partial charge on any atom is -0.493 e. The van der Waals surface area contributed by atoms with Gasteiger partial charge in [0.05, 0.1) is 17.1 Å². The lowest BCUT2D eigenvalue weighted by Crippen LogP contribution is -2.16. The maximum Gasteiger partial charge on any atom is 0.179 e. The Hall–Kier alpha value is -1.78. The quantitative estimate of drug-likeness (QED) is 0.684. The fraction of sp³-hybridized carbons (Fsp3) is 0.200. The number of ether oxygens (including phenoxy) is 1. The molecule has 1 N–H and O–H groups in total. The molecule has 0 fully saturated rings. The summed E-state index contributed by atoms with van der Waals surface area (Å²) in [7, 11) is 0. The van der Waals surface area contributed by atoms with E-state index in [4.69, 9.17) is 27.9 Å². The van der Waals surface area contributed by atoms with Crippen LogP contribution >= 0.6 is 23.2 Å². The first-order valence-electron chi connectivity index (χ1n) is 6.66. The molecule has 6 heteroatoms. The first-order valence-corrected chi connectivity index (χ1v) is 7.41. The van der Waals surface area contributed by atoms with E-state index in [0.717, 1.165) is 29.1 Å². The van der Waals surface area contributed by atoms with Gasteiger partial charge in [0.2, 0.25) is 0 Å². The van der Waals surface area contributed by atoms with E-state index in [-0.39, 0.29) is 11.1 Å². The number of aromatic nitrogens is 3. The molecule has 0 aliphatic carbocycles. The number of hydrogen-bond acceptors (Lipinski definition) is 3. The maximum absolute atomic E-state index is 6.00. The average Bonchev–Trinajstić information content (AvgIpc) is 2.90. The highest BCUT2D eigenvalue weighted by atomic mass is 35.5. The average molecular weight is 320 g/mol. The van der Waals surface area contributed by atoms with Crippen molar-refractivity contribution in [3.63, 3.8) is 0 Å². The molecule has 2 aromatic heterocycles. The largest absolute Gasteiger partial charge is 0.493 e. The molecule has 1 aliphatic heterocycles. The van der Waals surface area contributed by atoms with Crippen LogP contribution in [0.25, 0.3) is 11.2 Å². The Bertz CT molecular complexity index is 792. The van der Waals surface area contributed by atoms with Crippen molar-refractivity contribution < 1.29 is 4.74 Å². The molecule has 4 rings (SSSR count). The van der Waals surface area contributed by atoms with E-state index in [0.29, 0.717) is 17.3 Å². The summed E-state index contributed by atoms with van der Waals surface area (Å²) in [6.45, 7) is 0.674. The minimum atomic E-state index is 0.168. The molecule has 4 nitrogen and oxygen atoms in total. The number of H-pyrrole nitrogens is 1. The van der Waals surface area contributed by atoms with Gasteiger partial charge in [0.15, 0.2) is 5.65 Å². The van der Waals surface area contributed by atoms with Crippen molar-refractivity contribution in [1.82, 2.24) is 15.0 Å². The third kappa shape index (κ3) is 2.15. The van der Waals surface area contributed by atoms with Gasteiger partial charge in [0.1, 0.15) is 16.7 Å². The van der Waals surface area contributed by atoms with Crippen LogP contribution in [0.15, 0.2) is 30.3 Å². The topological polar surface area (TPSA) is 50.8 Å². The Labute approximate surface area is 131 Å². The molecule has 1 aliphatic rings. The molecular formula is C15H11Cl2N3O. The van der Waals surface area contributed by atoms with Crippen LogP contribution in [0.4, 0.5) is 0 Å². The molecule has 0 bridgehead atoms. The number of halogens is 2. The van der Waals surface area contributed by atoms with Gasteiger partial charge in [-0.25, -0.2) is 9.97 Å². The fourth-order valence-electron chi connectivity index (χ4n) is 2.71. The Morgan fingerprint density at radius 1 is 1.19 bits per heavy atom.